The maximum Gasteiger partial charge on any atom is 0.234 e. The molecule has 0 unspecified atom stereocenters. The van der Waals surface area contributed by atoms with E-state index in [1.165, 1.54) is 4.68 Å². The van der Waals surface area contributed by atoms with Crippen molar-refractivity contribution in [1.82, 2.24) is 14.8 Å². The Hall–Kier alpha value is -3.27. The molecular formula is C21H17N3O. The minimum Gasteiger partial charge on any atom is -0.276 e. The SMILES string of the molecule is O=Cn1nc(-c2ccccc2)c(-c2ccccn2)c1C1=CCCC=C1. The van der Waals surface area contributed by atoms with E-state index in [9.17, 15) is 4.79 Å². The summed E-state index contributed by atoms with van der Waals surface area (Å²) in [6, 6.07) is 15.7. The summed E-state index contributed by atoms with van der Waals surface area (Å²) in [5, 5.41) is 4.58. The zero-order valence-electron chi connectivity index (χ0n) is 13.7. The number of pyridine rings is 1. The van der Waals surface area contributed by atoms with Crippen LogP contribution in [0.15, 0.2) is 73.0 Å². The molecule has 2 aromatic heterocycles. The molecule has 1 aromatic carbocycles. The number of hydrogen-bond acceptors (Lipinski definition) is 3. The monoisotopic (exact) mass is 327 g/mol. The first-order chi connectivity index (χ1) is 12.4. The van der Waals surface area contributed by atoms with Crippen molar-refractivity contribution in [3.8, 4) is 22.5 Å². The van der Waals surface area contributed by atoms with Crippen LogP contribution >= 0.6 is 0 Å². The average Bonchev–Trinajstić information content (AvgIpc) is 3.10. The van der Waals surface area contributed by atoms with Crippen LogP contribution in [0.1, 0.15) is 18.5 Å². The summed E-state index contributed by atoms with van der Waals surface area (Å²) in [4.78, 5) is 16.2. The number of benzene rings is 1. The van der Waals surface area contributed by atoms with Gasteiger partial charge in [-0.05, 0) is 30.5 Å². The van der Waals surface area contributed by atoms with Crippen molar-refractivity contribution < 1.29 is 4.79 Å². The maximum atomic E-state index is 11.7. The summed E-state index contributed by atoms with van der Waals surface area (Å²) in [6.07, 6.45) is 10.8. The molecule has 0 bridgehead atoms. The number of carbonyl (C=O) groups is 1. The Morgan fingerprint density at radius 1 is 1.00 bits per heavy atom. The number of aromatic nitrogens is 3. The molecule has 2 heterocycles. The van der Waals surface area contributed by atoms with E-state index in [4.69, 9.17) is 0 Å². The molecule has 0 spiro atoms. The molecule has 25 heavy (non-hydrogen) atoms. The third kappa shape index (κ3) is 2.83. The standard InChI is InChI=1S/C21H17N3O/c25-15-24-21(17-11-5-2-6-12-17)19(18-13-7-8-14-22-18)20(23-24)16-9-3-1-4-10-16/h1,3-5,7-15H,2,6H2. The van der Waals surface area contributed by atoms with Crippen molar-refractivity contribution in [2.45, 2.75) is 12.8 Å². The molecule has 0 N–H and O–H groups in total. The number of hydrogen-bond donors (Lipinski definition) is 0. The Bertz CT molecular complexity index is 954. The first-order valence-corrected chi connectivity index (χ1v) is 8.30. The van der Waals surface area contributed by atoms with E-state index >= 15 is 0 Å². The lowest BCUT2D eigenvalue weighted by Gasteiger charge is -2.10. The van der Waals surface area contributed by atoms with Crippen molar-refractivity contribution in [2.24, 2.45) is 0 Å². The summed E-state index contributed by atoms with van der Waals surface area (Å²) >= 11 is 0. The molecule has 122 valence electrons. The molecule has 0 fully saturated rings. The van der Waals surface area contributed by atoms with Gasteiger partial charge in [-0.15, -0.1) is 0 Å². The third-order valence-electron chi connectivity index (χ3n) is 4.25. The van der Waals surface area contributed by atoms with Crippen LogP contribution in [0, 0.1) is 0 Å². The molecule has 0 radical (unpaired) electrons. The Morgan fingerprint density at radius 2 is 1.84 bits per heavy atom. The van der Waals surface area contributed by atoms with E-state index in [2.05, 4.69) is 28.3 Å². The van der Waals surface area contributed by atoms with Crippen molar-refractivity contribution in [3.05, 3.63) is 78.6 Å². The highest BCUT2D eigenvalue weighted by atomic mass is 16.1. The van der Waals surface area contributed by atoms with Crippen LogP contribution in [0.3, 0.4) is 0 Å². The van der Waals surface area contributed by atoms with Gasteiger partial charge in [-0.25, -0.2) is 4.68 Å². The van der Waals surface area contributed by atoms with Crippen LogP contribution in [-0.4, -0.2) is 21.2 Å². The lowest BCUT2D eigenvalue weighted by atomic mass is 9.96. The van der Waals surface area contributed by atoms with Crippen molar-refractivity contribution >= 4 is 12.0 Å². The molecule has 0 amide bonds. The van der Waals surface area contributed by atoms with Gasteiger partial charge < -0.3 is 0 Å². The van der Waals surface area contributed by atoms with E-state index in [-0.39, 0.29) is 0 Å². The van der Waals surface area contributed by atoms with Crippen molar-refractivity contribution in [2.75, 3.05) is 0 Å². The summed E-state index contributed by atoms with van der Waals surface area (Å²) in [5.74, 6) is 0. The summed E-state index contributed by atoms with van der Waals surface area (Å²) in [5.41, 5.74) is 5.23. The summed E-state index contributed by atoms with van der Waals surface area (Å²) in [7, 11) is 0. The number of rotatable bonds is 4. The van der Waals surface area contributed by atoms with Crippen LogP contribution in [-0.2, 0) is 4.79 Å². The molecule has 1 aliphatic rings. The Labute approximate surface area is 146 Å². The molecular weight excluding hydrogens is 310 g/mol. The minimum absolute atomic E-state index is 0.761. The highest BCUT2D eigenvalue weighted by Gasteiger charge is 2.23. The summed E-state index contributed by atoms with van der Waals surface area (Å²) < 4.78 is 1.42. The van der Waals surface area contributed by atoms with Gasteiger partial charge in [0.2, 0.25) is 6.41 Å². The molecule has 1 aliphatic carbocycles. The van der Waals surface area contributed by atoms with E-state index in [0.717, 1.165) is 53.0 Å². The van der Waals surface area contributed by atoms with Crippen molar-refractivity contribution in [1.29, 1.82) is 0 Å². The minimum atomic E-state index is 0.761. The molecule has 0 aliphatic heterocycles. The van der Waals surface area contributed by atoms with Gasteiger partial charge in [-0.1, -0.05) is 54.6 Å². The first-order valence-electron chi connectivity index (χ1n) is 8.30. The van der Waals surface area contributed by atoms with E-state index in [1.54, 1.807) is 6.20 Å². The molecule has 0 saturated heterocycles. The predicted molar refractivity (Wildman–Crippen MR) is 99.4 cm³/mol. The highest BCUT2D eigenvalue weighted by molar-refractivity contribution is 5.92. The quantitative estimate of drug-likeness (QED) is 0.668. The first kappa shape index (κ1) is 15.3. The van der Waals surface area contributed by atoms with Gasteiger partial charge in [-0.2, -0.15) is 5.10 Å². The van der Waals surface area contributed by atoms with Crippen LogP contribution < -0.4 is 0 Å². The number of allylic oxidation sites excluding steroid dienone is 4. The van der Waals surface area contributed by atoms with Gasteiger partial charge in [0, 0.05) is 11.8 Å². The lowest BCUT2D eigenvalue weighted by Crippen LogP contribution is -2.03. The Balaban J connectivity index is 2.03. The van der Waals surface area contributed by atoms with Gasteiger partial charge in [0.1, 0.15) is 5.69 Å². The number of nitrogens with zero attached hydrogens (tertiary/aromatic N) is 3. The summed E-state index contributed by atoms with van der Waals surface area (Å²) in [6.45, 7) is 0. The van der Waals surface area contributed by atoms with Crippen LogP contribution in [0.25, 0.3) is 28.1 Å². The molecule has 4 nitrogen and oxygen atoms in total. The predicted octanol–water partition coefficient (Wildman–Crippen LogP) is 4.38. The normalized spacial score (nSPS) is 13.5. The van der Waals surface area contributed by atoms with E-state index in [1.807, 2.05) is 48.5 Å². The fourth-order valence-corrected chi connectivity index (χ4v) is 3.13. The maximum absolute atomic E-state index is 11.7. The molecule has 0 saturated carbocycles. The van der Waals surface area contributed by atoms with Gasteiger partial charge in [0.15, 0.2) is 0 Å². The number of carbonyl (C=O) groups excluding carboxylic acids is 1. The van der Waals surface area contributed by atoms with Gasteiger partial charge in [0.05, 0.1) is 17.0 Å². The van der Waals surface area contributed by atoms with Gasteiger partial charge in [-0.3, -0.25) is 9.78 Å². The third-order valence-corrected chi connectivity index (χ3v) is 4.25. The second-order valence-electron chi connectivity index (χ2n) is 5.84. The Morgan fingerprint density at radius 3 is 2.52 bits per heavy atom. The highest BCUT2D eigenvalue weighted by Crippen LogP contribution is 2.37. The van der Waals surface area contributed by atoms with Crippen molar-refractivity contribution in [3.63, 3.8) is 0 Å². The van der Waals surface area contributed by atoms with Crippen LogP contribution in [0.4, 0.5) is 0 Å². The Kier molecular flexibility index (Phi) is 4.09. The fraction of sp³-hybridized carbons (Fsp3) is 0.0952. The molecule has 3 aromatic rings. The topological polar surface area (TPSA) is 47.8 Å². The molecule has 4 heteroatoms. The zero-order chi connectivity index (χ0) is 17.1. The molecule has 4 rings (SSSR count). The average molecular weight is 327 g/mol. The lowest BCUT2D eigenvalue weighted by molar-refractivity contribution is 0.540. The van der Waals surface area contributed by atoms with Crippen LogP contribution in [0.2, 0.25) is 0 Å². The smallest absolute Gasteiger partial charge is 0.234 e. The van der Waals surface area contributed by atoms with E-state index in [0.29, 0.717) is 0 Å². The largest absolute Gasteiger partial charge is 0.276 e. The van der Waals surface area contributed by atoms with Gasteiger partial charge >= 0.3 is 0 Å². The fourth-order valence-electron chi connectivity index (χ4n) is 3.13. The molecule has 0 atom stereocenters. The second-order valence-corrected chi connectivity index (χ2v) is 5.84. The zero-order valence-corrected chi connectivity index (χ0v) is 13.7. The second kappa shape index (κ2) is 6.69. The van der Waals surface area contributed by atoms with E-state index < -0.39 is 0 Å². The van der Waals surface area contributed by atoms with Crippen LogP contribution in [0.5, 0.6) is 0 Å². The van der Waals surface area contributed by atoms with Gasteiger partial charge in [0.25, 0.3) is 0 Å².